The van der Waals surface area contributed by atoms with Crippen molar-refractivity contribution in [2.45, 2.75) is 32.4 Å². The van der Waals surface area contributed by atoms with Crippen molar-refractivity contribution in [2.24, 2.45) is 5.73 Å². The molecule has 1 aromatic rings. The van der Waals surface area contributed by atoms with Crippen molar-refractivity contribution in [1.82, 2.24) is 5.32 Å². The summed E-state index contributed by atoms with van der Waals surface area (Å²) in [6.07, 6.45) is -0.751. The zero-order valence-corrected chi connectivity index (χ0v) is 14.2. The first-order chi connectivity index (χ1) is 10.6. The molecule has 7 nitrogen and oxygen atoms in total. The number of thiol groups is 1. The normalized spacial score (nSPS) is 11.5. The van der Waals surface area contributed by atoms with Gasteiger partial charge in [0.1, 0.15) is 11.6 Å². The van der Waals surface area contributed by atoms with Crippen LogP contribution in [0.2, 0.25) is 0 Å². The van der Waals surface area contributed by atoms with Crippen molar-refractivity contribution >= 4 is 30.6 Å². The van der Waals surface area contributed by atoms with Crippen LogP contribution in [-0.4, -0.2) is 40.5 Å². The van der Waals surface area contributed by atoms with Crippen LogP contribution < -0.4 is 11.1 Å². The van der Waals surface area contributed by atoms with Gasteiger partial charge in [0, 0.05) is 11.3 Å². The molecule has 0 fully saturated rings. The van der Waals surface area contributed by atoms with E-state index < -0.39 is 23.7 Å². The summed E-state index contributed by atoms with van der Waals surface area (Å²) >= 11 is 3.79. The van der Waals surface area contributed by atoms with Crippen LogP contribution in [0.25, 0.3) is 0 Å². The Kier molecular flexibility index (Phi) is 8.79. The summed E-state index contributed by atoms with van der Waals surface area (Å²) in [6.45, 7) is 5.09. The number of primary amides is 1. The predicted molar refractivity (Wildman–Crippen MR) is 89.6 cm³/mol. The predicted octanol–water partition coefficient (Wildman–Crippen LogP) is 1.68. The van der Waals surface area contributed by atoms with Gasteiger partial charge >= 0.3 is 12.1 Å². The van der Waals surface area contributed by atoms with E-state index in [9.17, 15) is 14.4 Å². The van der Waals surface area contributed by atoms with Crippen LogP contribution in [0.5, 0.6) is 0 Å². The Hall–Kier alpha value is -2.22. The lowest BCUT2D eigenvalue weighted by Crippen LogP contribution is -2.44. The van der Waals surface area contributed by atoms with Crippen LogP contribution in [0, 0.1) is 0 Å². The molecule has 23 heavy (non-hydrogen) atoms. The van der Waals surface area contributed by atoms with E-state index in [-0.39, 0.29) is 11.7 Å². The molecule has 1 atom stereocenters. The van der Waals surface area contributed by atoms with Gasteiger partial charge in [0.15, 0.2) is 0 Å². The lowest BCUT2D eigenvalue weighted by molar-refractivity contribution is -0.138. The average Bonchev–Trinajstić information content (AvgIpc) is 2.44. The van der Waals surface area contributed by atoms with E-state index in [1.807, 2.05) is 6.07 Å². The topological polar surface area (TPSA) is 119 Å². The minimum Gasteiger partial charge on any atom is -0.480 e. The Morgan fingerprint density at radius 3 is 2.09 bits per heavy atom. The van der Waals surface area contributed by atoms with E-state index in [0.717, 1.165) is 0 Å². The van der Waals surface area contributed by atoms with Gasteiger partial charge in [-0.05, 0) is 32.9 Å². The zero-order chi connectivity index (χ0) is 18.0. The molecule has 0 aliphatic heterocycles. The quantitative estimate of drug-likeness (QED) is 0.621. The third-order valence-corrected chi connectivity index (χ3v) is 2.60. The van der Waals surface area contributed by atoms with Crippen LogP contribution in [0.4, 0.5) is 4.79 Å². The van der Waals surface area contributed by atoms with Crippen molar-refractivity contribution in [3.8, 4) is 0 Å². The highest BCUT2D eigenvalue weighted by Crippen LogP contribution is 2.06. The molecule has 0 bridgehead atoms. The number of rotatable bonds is 4. The summed E-state index contributed by atoms with van der Waals surface area (Å²) in [7, 11) is 0. The standard InChI is InChI=1S/C8H15NO4S.C7H7NO/c1-8(2,3)13-7(12)9-5(4-14)6(10)11;8-7(9)6-4-2-1-3-5-6/h5,14H,4H2,1-3H3,(H,9,12)(H,10,11);1-5H,(H2,8,9). The van der Waals surface area contributed by atoms with Gasteiger partial charge in [-0.2, -0.15) is 12.6 Å². The molecule has 0 aliphatic rings. The van der Waals surface area contributed by atoms with Gasteiger partial charge in [-0.1, -0.05) is 18.2 Å². The number of nitrogens with two attached hydrogens (primary N) is 1. The summed E-state index contributed by atoms with van der Waals surface area (Å²) in [5.74, 6) is -1.49. The third-order valence-electron chi connectivity index (χ3n) is 2.23. The molecule has 0 aromatic heterocycles. The lowest BCUT2D eigenvalue weighted by atomic mass is 10.2. The van der Waals surface area contributed by atoms with Gasteiger partial charge in [0.2, 0.25) is 5.91 Å². The number of hydrogen-bond donors (Lipinski definition) is 4. The Labute approximate surface area is 140 Å². The van der Waals surface area contributed by atoms with Gasteiger partial charge in [-0.25, -0.2) is 9.59 Å². The number of alkyl carbamates (subject to hydrolysis) is 1. The number of hydrogen-bond acceptors (Lipinski definition) is 5. The Morgan fingerprint density at radius 1 is 1.26 bits per heavy atom. The largest absolute Gasteiger partial charge is 0.480 e. The smallest absolute Gasteiger partial charge is 0.408 e. The Balaban J connectivity index is 0.000000459. The summed E-state index contributed by atoms with van der Waals surface area (Å²) in [5.41, 5.74) is 4.89. The third kappa shape index (κ3) is 10.2. The number of amides is 2. The van der Waals surface area contributed by atoms with Crippen LogP contribution in [0.1, 0.15) is 31.1 Å². The first kappa shape index (κ1) is 20.8. The van der Waals surface area contributed by atoms with E-state index in [1.54, 1.807) is 45.0 Å². The number of benzene rings is 1. The monoisotopic (exact) mass is 342 g/mol. The first-order valence-electron chi connectivity index (χ1n) is 6.75. The van der Waals surface area contributed by atoms with Crippen LogP contribution in [-0.2, 0) is 9.53 Å². The van der Waals surface area contributed by atoms with Gasteiger partial charge in [0.05, 0.1) is 0 Å². The molecule has 4 N–H and O–H groups in total. The van der Waals surface area contributed by atoms with E-state index in [2.05, 4.69) is 17.9 Å². The SMILES string of the molecule is CC(C)(C)OC(=O)NC(CS)C(=O)O.NC(=O)c1ccccc1. The molecular weight excluding hydrogens is 320 g/mol. The van der Waals surface area contributed by atoms with Gasteiger partial charge in [0.25, 0.3) is 0 Å². The molecule has 128 valence electrons. The van der Waals surface area contributed by atoms with Crippen molar-refractivity contribution in [3.63, 3.8) is 0 Å². The maximum absolute atomic E-state index is 11.1. The van der Waals surface area contributed by atoms with Crippen LogP contribution in [0.3, 0.4) is 0 Å². The summed E-state index contributed by atoms with van der Waals surface area (Å²) in [4.78, 5) is 32.0. The number of nitrogens with one attached hydrogen (secondary N) is 1. The van der Waals surface area contributed by atoms with Gasteiger partial charge < -0.3 is 20.9 Å². The molecule has 0 radical (unpaired) electrons. The summed E-state index contributed by atoms with van der Waals surface area (Å²) < 4.78 is 4.87. The minimum atomic E-state index is -1.13. The fraction of sp³-hybridized carbons (Fsp3) is 0.400. The van der Waals surface area contributed by atoms with E-state index >= 15 is 0 Å². The zero-order valence-electron chi connectivity index (χ0n) is 13.3. The Morgan fingerprint density at radius 2 is 1.78 bits per heavy atom. The number of carbonyl (C=O) groups is 3. The number of ether oxygens (including phenoxy) is 1. The lowest BCUT2D eigenvalue weighted by Gasteiger charge is -2.21. The maximum Gasteiger partial charge on any atom is 0.408 e. The van der Waals surface area contributed by atoms with Crippen molar-refractivity contribution in [2.75, 3.05) is 5.75 Å². The van der Waals surface area contributed by atoms with Gasteiger partial charge in [-0.15, -0.1) is 0 Å². The van der Waals surface area contributed by atoms with Crippen molar-refractivity contribution in [1.29, 1.82) is 0 Å². The van der Waals surface area contributed by atoms with Crippen LogP contribution in [0.15, 0.2) is 30.3 Å². The van der Waals surface area contributed by atoms with Crippen molar-refractivity contribution < 1.29 is 24.2 Å². The highest BCUT2D eigenvalue weighted by molar-refractivity contribution is 7.80. The molecule has 0 heterocycles. The fourth-order valence-electron chi connectivity index (χ4n) is 1.24. The number of carboxylic acid groups (broad SMARTS) is 1. The fourth-order valence-corrected chi connectivity index (χ4v) is 1.49. The second-order valence-corrected chi connectivity index (χ2v) is 5.82. The van der Waals surface area contributed by atoms with E-state index in [0.29, 0.717) is 5.56 Å². The second-order valence-electron chi connectivity index (χ2n) is 5.45. The maximum atomic E-state index is 11.1. The summed E-state index contributed by atoms with van der Waals surface area (Å²) in [6, 6.07) is 7.74. The average molecular weight is 342 g/mol. The highest BCUT2D eigenvalue weighted by Gasteiger charge is 2.22. The van der Waals surface area contributed by atoms with E-state index in [1.165, 1.54) is 0 Å². The van der Waals surface area contributed by atoms with Gasteiger partial charge in [-0.3, -0.25) is 4.79 Å². The Bertz CT molecular complexity index is 528. The van der Waals surface area contributed by atoms with E-state index in [4.69, 9.17) is 15.6 Å². The molecule has 0 spiro atoms. The number of carbonyl (C=O) groups excluding carboxylic acids is 2. The molecular formula is C15H22N2O5S. The molecule has 1 unspecified atom stereocenters. The molecule has 1 rings (SSSR count). The van der Waals surface area contributed by atoms with Crippen LogP contribution >= 0.6 is 12.6 Å². The number of aliphatic carboxylic acids is 1. The molecule has 0 aliphatic carbocycles. The highest BCUT2D eigenvalue weighted by atomic mass is 32.1. The minimum absolute atomic E-state index is 0.0224. The number of carboxylic acids is 1. The molecule has 0 saturated heterocycles. The second kappa shape index (κ2) is 9.73. The van der Waals surface area contributed by atoms with Crippen molar-refractivity contribution in [3.05, 3.63) is 35.9 Å². The summed E-state index contributed by atoms with van der Waals surface area (Å²) in [5, 5.41) is 10.8. The molecule has 8 heteroatoms. The molecule has 0 saturated carbocycles. The first-order valence-corrected chi connectivity index (χ1v) is 7.38. The molecule has 2 amide bonds. The molecule has 1 aromatic carbocycles.